The van der Waals surface area contributed by atoms with Crippen molar-refractivity contribution in [1.29, 1.82) is 5.26 Å². The number of benzene rings is 3. The first-order chi connectivity index (χ1) is 22.9. The molecule has 1 amide bonds. The molecule has 1 aliphatic carbocycles. The number of pyridine rings is 1. The average molecular weight is 802 g/mol. The third-order valence-corrected chi connectivity index (χ3v) is 10.9. The number of carbonyl (C=O) groups excluding carboxylic acids is 1. The summed E-state index contributed by atoms with van der Waals surface area (Å²) in [5.74, 6) is -0.336. The van der Waals surface area contributed by atoms with E-state index in [0.29, 0.717) is 46.8 Å². The highest BCUT2D eigenvalue weighted by atomic mass is 127. The van der Waals surface area contributed by atoms with E-state index < -0.39 is 17.5 Å². The maximum atomic E-state index is 17.1. The van der Waals surface area contributed by atoms with E-state index in [2.05, 4.69) is 34.0 Å². The second kappa shape index (κ2) is 14.0. The number of hydrogen-bond donors (Lipinski definition) is 1. The topological polar surface area (TPSA) is 87.5 Å². The molecule has 3 fully saturated rings. The minimum Gasteiger partial charge on any atom is -0.444 e. The molecule has 11 heteroatoms. The Hall–Kier alpha value is -3.17. The first kappa shape index (κ1) is 34.7. The summed E-state index contributed by atoms with van der Waals surface area (Å²) in [6.45, 7) is 8.43. The number of rotatable bonds is 9. The molecule has 2 bridgehead atoms. The van der Waals surface area contributed by atoms with Gasteiger partial charge in [0, 0.05) is 35.4 Å². The van der Waals surface area contributed by atoms with E-state index in [1.165, 1.54) is 0 Å². The van der Waals surface area contributed by atoms with E-state index in [1.807, 2.05) is 64.1 Å². The van der Waals surface area contributed by atoms with Crippen LogP contribution in [0, 0.1) is 26.6 Å². The Morgan fingerprint density at radius 1 is 1.21 bits per heavy atom. The minimum atomic E-state index is -0.602. The lowest BCUT2D eigenvalue weighted by molar-refractivity contribution is 0.0239. The molecule has 0 radical (unpaired) electrons. The molecule has 4 aromatic rings. The van der Waals surface area contributed by atoms with Crippen molar-refractivity contribution in [2.24, 2.45) is 5.92 Å². The molecule has 1 saturated carbocycles. The van der Waals surface area contributed by atoms with Gasteiger partial charge in [-0.15, -0.1) is 0 Å². The van der Waals surface area contributed by atoms with Crippen LogP contribution >= 0.6 is 45.8 Å². The first-order valence-electron chi connectivity index (χ1n) is 16.0. The summed E-state index contributed by atoms with van der Waals surface area (Å²) in [5, 5.41) is 14.3. The van der Waals surface area contributed by atoms with Crippen molar-refractivity contribution in [3.05, 3.63) is 90.9 Å². The van der Waals surface area contributed by atoms with Crippen molar-refractivity contribution >= 4 is 68.5 Å². The number of fused-ring (bicyclic) bond motifs is 2. The molecule has 3 aliphatic rings. The zero-order valence-electron chi connectivity index (χ0n) is 27.1. The number of ether oxygens (including phenoxy) is 2. The van der Waals surface area contributed by atoms with Gasteiger partial charge in [-0.3, -0.25) is 0 Å². The van der Waals surface area contributed by atoms with Gasteiger partial charge in [-0.25, -0.2) is 14.2 Å². The molecule has 7 rings (SSSR count). The summed E-state index contributed by atoms with van der Waals surface area (Å²) in [5.41, 5.74) is 3.21. The summed E-state index contributed by atoms with van der Waals surface area (Å²) in [6, 6.07) is 18.9. The van der Waals surface area contributed by atoms with Gasteiger partial charge in [0.25, 0.3) is 0 Å². The summed E-state index contributed by atoms with van der Waals surface area (Å²) < 4.78 is 29.9. The number of aromatic nitrogens is 1. The van der Waals surface area contributed by atoms with Crippen LogP contribution in [0.3, 0.4) is 0 Å². The Labute approximate surface area is 303 Å². The zero-order chi connectivity index (χ0) is 34.3. The molecule has 3 aromatic carbocycles. The van der Waals surface area contributed by atoms with Gasteiger partial charge in [0.1, 0.15) is 11.1 Å². The SMILES string of the molecule is CC(OCc1ccccc1)c1nc2c(F)c(-c3cccc(Cl)c3Cl)c(CCC#N)cc2c(N[C@H]2[C@@H]3C[C@H]2N(C(=O)OC(C)(C)C)C3)c1I. The molecule has 7 nitrogen and oxygen atoms in total. The Morgan fingerprint density at radius 3 is 2.67 bits per heavy atom. The third-order valence-electron chi connectivity index (χ3n) is 8.96. The van der Waals surface area contributed by atoms with Gasteiger partial charge in [-0.1, -0.05) is 65.7 Å². The standard InChI is InChI=1S/C37H36Cl2FIN4O3/c1-20(47-19-21-10-6-5-7-11-21)32-31(41)35(44-33-23-17-27(33)45(18-23)36(46)48-37(2,3)4)25-16-22(12-9-15-42)28(30(40)34(25)43-32)24-13-8-14-26(38)29(24)39/h5-8,10-11,13-14,16,20,23,27,33H,9,12,17-19H2,1-4H3,(H,43,44)/t20?,23-,27-,33+/m1/s1. The molecule has 0 spiro atoms. The monoisotopic (exact) mass is 800 g/mol. The maximum Gasteiger partial charge on any atom is 0.410 e. The van der Waals surface area contributed by atoms with E-state index in [0.717, 1.165) is 21.2 Å². The van der Waals surface area contributed by atoms with Crippen LogP contribution in [0.4, 0.5) is 14.9 Å². The molecular weight excluding hydrogens is 765 g/mol. The molecule has 2 saturated heterocycles. The molecule has 2 aliphatic heterocycles. The fourth-order valence-corrected chi connectivity index (χ4v) is 8.00. The van der Waals surface area contributed by atoms with Gasteiger partial charge in [0.15, 0.2) is 5.82 Å². The van der Waals surface area contributed by atoms with Crippen LogP contribution in [0.25, 0.3) is 22.0 Å². The van der Waals surface area contributed by atoms with Crippen LogP contribution in [0.15, 0.2) is 54.6 Å². The fraction of sp³-hybridized carbons (Fsp3) is 0.378. The Morgan fingerprint density at radius 2 is 1.96 bits per heavy atom. The quantitative estimate of drug-likeness (QED) is 0.170. The van der Waals surface area contributed by atoms with Crippen LogP contribution in [-0.4, -0.2) is 40.2 Å². The largest absolute Gasteiger partial charge is 0.444 e. The number of nitriles is 1. The number of amides is 1. The summed E-state index contributed by atoms with van der Waals surface area (Å²) in [6.07, 6.45) is 0.541. The number of carbonyl (C=O) groups is 1. The molecule has 1 N–H and O–H groups in total. The lowest BCUT2D eigenvalue weighted by atomic mass is 9.79. The van der Waals surface area contributed by atoms with E-state index in [1.54, 1.807) is 23.1 Å². The van der Waals surface area contributed by atoms with Crippen molar-refractivity contribution in [3.63, 3.8) is 0 Å². The van der Waals surface area contributed by atoms with Crippen molar-refractivity contribution in [2.75, 3.05) is 11.9 Å². The van der Waals surface area contributed by atoms with Crippen molar-refractivity contribution < 1.29 is 18.7 Å². The van der Waals surface area contributed by atoms with Crippen LogP contribution in [0.5, 0.6) is 0 Å². The van der Waals surface area contributed by atoms with Crippen LogP contribution in [-0.2, 0) is 22.5 Å². The smallest absolute Gasteiger partial charge is 0.410 e. The van der Waals surface area contributed by atoms with Crippen LogP contribution in [0.2, 0.25) is 10.0 Å². The van der Waals surface area contributed by atoms with Crippen molar-refractivity contribution in [1.82, 2.24) is 9.88 Å². The maximum absolute atomic E-state index is 17.1. The second-order valence-electron chi connectivity index (χ2n) is 13.4. The second-order valence-corrected chi connectivity index (χ2v) is 15.2. The lowest BCUT2D eigenvalue weighted by Gasteiger charge is -2.38. The third kappa shape index (κ3) is 6.82. The normalized spacial score (nSPS) is 19.1. The highest BCUT2D eigenvalue weighted by Crippen LogP contribution is 2.47. The number of hydrogen-bond acceptors (Lipinski definition) is 6. The summed E-state index contributed by atoms with van der Waals surface area (Å²) in [7, 11) is 0. The van der Waals surface area contributed by atoms with E-state index in [4.69, 9.17) is 37.7 Å². The van der Waals surface area contributed by atoms with Gasteiger partial charge in [-0.2, -0.15) is 5.26 Å². The predicted octanol–water partition coefficient (Wildman–Crippen LogP) is 10.1. The van der Waals surface area contributed by atoms with Gasteiger partial charge in [0.05, 0.1) is 55.9 Å². The van der Waals surface area contributed by atoms with Crippen molar-refractivity contribution in [3.8, 4) is 17.2 Å². The lowest BCUT2D eigenvalue weighted by Crippen LogP contribution is -2.50. The van der Waals surface area contributed by atoms with Gasteiger partial charge < -0.3 is 19.7 Å². The number of aryl methyl sites for hydroxylation is 1. The summed E-state index contributed by atoms with van der Waals surface area (Å²) in [4.78, 5) is 19.8. The molecule has 1 aromatic heterocycles. The van der Waals surface area contributed by atoms with E-state index in [-0.39, 0.29) is 46.6 Å². The van der Waals surface area contributed by atoms with E-state index >= 15 is 4.39 Å². The Balaban J connectivity index is 1.47. The Kier molecular flexibility index (Phi) is 10.1. The predicted molar refractivity (Wildman–Crippen MR) is 196 cm³/mol. The number of anilines is 1. The minimum absolute atomic E-state index is 0.0577. The first-order valence-corrected chi connectivity index (χ1v) is 17.8. The van der Waals surface area contributed by atoms with Crippen molar-refractivity contribution in [2.45, 2.75) is 77.4 Å². The highest BCUT2D eigenvalue weighted by molar-refractivity contribution is 14.1. The van der Waals surface area contributed by atoms with Gasteiger partial charge >= 0.3 is 6.09 Å². The van der Waals surface area contributed by atoms with Crippen LogP contribution in [0.1, 0.15) is 63.5 Å². The number of nitrogens with zero attached hydrogens (tertiary/aromatic N) is 3. The molecule has 1 unspecified atom stereocenters. The number of nitrogens with one attached hydrogen (secondary N) is 1. The summed E-state index contributed by atoms with van der Waals surface area (Å²) >= 11 is 15.3. The van der Waals surface area contributed by atoms with Gasteiger partial charge in [-0.05, 0) is 86.4 Å². The molecular formula is C37H36Cl2FIN4O3. The van der Waals surface area contributed by atoms with Gasteiger partial charge in [0.2, 0.25) is 0 Å². The number of halogens is 4. The molecule has 48 heavy (non-hydrogen) atoms. The van der Waals surface area contributed by atoms with Crippen LogP contribution < -0.4 is 5.32 Å². The molecule has 3 heterocycles. The Bertz CT molecular complexity index is 1910. The molecule has 250 valence electrons. The average Bonchev–Trinajstić information content (AvgIpc) is 3.65. The molecule has 4 atom stereocenters. The highest BCUT2D eigenvalue weighted by Gasteiger charge is 2.55. The zero-order valence-corrected chi connectivity index (χ0v) is 30.8. The fourth-order valence-electron chi connectivity index (χ4n) is 6.60. The van der Waals surface area contributed by atoms with E-state index in [9.17, 15) is 10.1 Å².